The van der Waals surface area contributed by atoms with E-state index in [4.69, 9.17) is 9.15 Å². The van der Waals surface area contributed by atoms with Crippen molar-refractivity contribution in [3.63, 3.8) is 0 Å². The first-order chi connectivity index (χ1) is 12.3. The molecule has 1 spiro atoms. The van der Waals surface area contributed by atoms with Gasteiger partial charge in [0.1, 0.15) is 0 Å². The zero-order valence-corrected chi connectivity index (χ0v) is 15.8. The average molecular weight is 361 g/mol. The second kappa shape index (κ2) is 7.62. The molecule has 2 aromatic rings. The van der Waals surface area contributed by atoms with Crippen molar-refractivity contribution in [1.29, 1.82) is 0 Å². The van der Waals surface area contributed by atoms with E-state index in [1.54, 1.807) is 6.26 Å². The molecule has 0 bridgehead atoms. The molecule has 2 aromatic heterocycles. The van der Waals surface area contributed by atoms with Crippen LogP contribution < -0.4 is 0 Å². The fraction of sp³-hybridized carbons (Fsp3) is 0.600. The van der Waals surface area contributed by atoms with Crippen LogP contribution >= 0.6 is 11.3 Å². The summed E-state index contributed by atoms with van der Waals surface area (Å²) in [6.45, 7) is 7.75. The fourth-order valence-electron chi connectivity index (χ4n) is 4.68. The van der Waals surface area contributed by atoms with E-state index in [9.17, 15) is 0 Å². The number of thiophene rings is 1. The van der Waals surface area contributed by atoms with Crippen molar-refractivity contribution in [3.8, 4) is 0 Å². The van der Waals surface area contributed by atoms with Crippen LogP contribution in [0.25, 0.3) is 0 Å². The van der Waals surface area contributed by atoms with Gasteiger partial charge in [-0.05, 0) is 48.9 Å². The van der Waals surface area contributed by atoms with Gasteiger partial charge in [-0.2, -0.15) is 0 Å². The van der Waals surface area contributed by atoms with Gasteiger partial charge in [0.05, 0.1) is 19.1 Å². The van der Waals surface area contributed by atoms with Gasteiger partial charge in [-0.25, -0.2) is 0 Å². The van der Waals surface area contributed by atoms with Crippen molar-refractivity contribution < 1.29 is 9.15 Å². The maximum atomic E-state index is 5.60. The minimum atomic E-state index is 0.431. The van der Waals surface area contributed by atoms with Crippen LogP contribution in [-0.2, 0) is 17.8 Å². The van der Waals surface area contributed by atoms with Gasteiger partial charge in [0.2, 0.25) is 0 Å². The van der Waals surface area contributed by atoms with E-state index in [0.717, 1.165) is 19.7 Å². The number of furan rings is 1. The number of hydrogen-bond acceptors (Lipinski definition) is 5. The Morgan fingerprint density at radius 2 is 2.12 bits per heavy atom. The largest absolute Gasteiger partial charge is 0.472 e. The highest BCUT2D eigenvalue weighted by Gasteiger charge is 2.47. The molecular formula is C20H28N2O2S. The van der Waals surface area contributed by atoms with E-state index in [0.29, 0.717) is 11.3 Å². The molecule has 0 radical (unpaired) electrons. The summed E-state index contributed by atoms with van der Waals surface area (Å²) in [4.78, 5) is 6.70. The summed E-state index contributed by atoms with van der Waals surface area (Å²) < 4.78 is 10.8. The third kappa shape index (κ3) is 3.85. The Balaban J connectivity index is 1.38. The molecule has 136 valence electrons. The summed E-state index contributed by atoms with van der Waals surface area (Å²) in [7, 11) is 1.85. The van der Waals surface area contributed by atoms with Crippen molar-refractivity contribution in [2.24, 2.45) is 11.3 Å². The van der Waals surface area contributed by atoms with Crippen LogP contribution in [0.15, 0.2) is 40.5 Å². The number of nitrogens with zero attached hydrogens (tertiary/aromatic N) is 2. The van der Waals surface area contributed by atoms with E-state index in [1.807, 2.05) is 24.7 Å². The number of methoxy groups -OCH3 is 1. The highest BCUT2D eigenvalue weighted by molar-refractivity contribution is 7.09. The molecule has 0 aliphatic carbocycles. The van der Waals surface area contributed by atoms with Crippen LogP contribution in [0.1, 0.15) is 23.3 Å². The Kier molecular flexibility index (Phi) is 5.27. The Labute approximate surface area is 154 Å². The number of ether oxygens (including phenoxy) is 1. The Hall–Kier alpha value is -1.14. The zero-order valence-electron chi connectivity index (χ0n) is 15.0. The minimum Gasteiger partial charge on any atom is -0.472 e. The molecule has 0 saturated carbocycles. The van der Waals surface area contributed by atoms with E-state index in [-0.39, 0.29) is 0 Å². The Morgan fingerprint density at radius 1 is 1.24 bits per heavy atom. The third-order valence-electron chi connectivity index (χ3n) is 6.05. The molecule has 2 fully saturated rings. The minimum absolute atomic E-state index is 0.431. The smallest absolute Gasteiger partial charge is 0.0947 e. The summed E-state index contributed by atoms with van der Waals surface area (Å²) in [6, 6.07) is 6.50. The lowest BCUT2D eigenvalue weighted by Crippen LogP contribution is -2.44. The first kappa shape index (κ1) is 17.3. The SMILES string of the molecule is COC[C@H]1CN(Cc2cccs2)CC12CCN(Cc1ccoc1)CC2. The van der Waals surface area contributed by atoms with E-state index in [1.165, 1.54) is 49.5 Å². The molecule has 5 heteroatoms. The predicted octanol–water partition coefficient (Wildman–Crippen LogP) is 3.70. The van der Waals surface area contributed by atoms with Gasteiger partial charge in [0.25, 0.3) is 0 Å². The molecule has 2 saturated heterocycles. The molecule has 25 heavy (non-hydrogen) atoms. The number of likely N-dealkylation sites (tertiary alicyclic amines) is 2. The average Bonchev–Trinajstić information content (AvgIpc) is 3.34. The van der Waals surface area contributed by atoms with Crippen LogP contribution in [0.4, 0.5) is 0 Å². The Morgan fingerprint density at radius 3 is 2.80 bits per heavy atom. The standard InChI is InChI=1S/C20H28N2O2S/c1-23-15-18-12-22(13-19-3-2-10-25-19)16-20(18)5-7-21(8-6-20)11-17-4-9-24-14-17/h2-4,9-10,14,18H,5-8,11-13,15-16H2,1H3/t18-/m1/s1. The zero-order chi connectivity index (χ0) is 17.1. The molecule has 4 heterocycles. The molecule has 4 rings (SSSR count). The second-order valence-electron chi connectivity index (χ2n) is 7.67. The number of piperidine rings is 1. The van der Waals surface area contributed by atoms with E-state index >= 15 is 0 Å². The van der Waals surface area contributed by atoms with Gasteiger partial charge in [0.15, 0.2) is 0 Å². The normalized spacial score (nSPS) is 24.3. The summed E-state index contributed by atoms with van der Waals surface area (Å²) in [5.41, 5.74) is 1.72. The highest BCUT2D eigenvalue weighted by Crippen LogP contribution is 2.45. The van der Waals surface area contributed by atoms with Crippen molar-refractivity contribution in [2.45, 2.75) is 25.9 Å². The quantitative estimate of drug-likeness (QED) is 0.785. The lowest BCUT2D eigenvalue weighted by atomic mass is 9.71. The second-order valence-corrected chi connectivity index (χ2v) is 8.70. The summed E-state index contributed by atoms with van der Waals surface area (Å²) in [5.74, 6) is 0.661. The van der Waals surface area contributed by atoms with Gasteiger partial charge < -0.3 is 9.15 Å². The molecular weight excluding hydrogens is 332 g/mol. The van der Waals surface area contributed by atoms with Gasteiger partial charge in [-0.15, -0.1) is 11.3 Å². The maximum absolute atomic E-state index is 5.60. The molecule has 0 amide bonds. The summed E-state index contributed by atoms with van der Waals surface area (Å²) >= 11 is 1.87. The third-order valence-corrected chi connectivity index (χ3v) is 6.91. The molecule has 2 aliphatic rings. The molecule has 0 aromatic carbocycles. The first-order valence-electron chi connectivity index (χ1n) is 9.24. The number of hydrogen-bond donors (Lipinski definition) is 0. The van der Waals surface area contributed by atoms with Crippen LogP contribution in [0.5, 0.6) is 0 Å². The highest BCUT2D eigenvalue weighted by atomic mass is 32.1. The monoisotopic (exact) mass is 360 g/mol. The van der Waals surface area contributed by atoms with Gasteiger partial charge in [-0.1, -0.05) is 6.07 Å². The summed E-state index contributed by atoms with van der Waals surface area (Å²) in [6.07, 6.45) is 6.20. The van der Waals surface area contributed by atoms with Crippen LogP contribution in [0.3, 0.4) is 0 Å². The Bertz CT molecular complexity index is 633. The fourth-order valence-corrected chi connectivity index (χ4v) is 5.43. The van der Waals surface area contributed by atoms with Gasteiger partial charge >= 0.3 is 0 Å². The molecule has 0 unspecified atom stereocenters. The van der Waals surface area contributed by atoms with Crippen molar-refractivity contribution >= 4 is 11.3 Å². The van der Waals surface area contributed by atoms with Gasteiger partial charge in [0, 0.05) is 49.6 Å². The topological polar surface area (TPSA) is 28.9 Å². The van der Waals surface area contributed by atoms with Crippen LogP contribution in [0.2, 0.25) is 0 Å². The first-order valence-corrected chi connectivity index (χ1v) is 10.1. The molecule has 4 nitrogen and oxygen atoms in total. The van der Waals surface area contributed by atoms with Crippen molar-refractivity contribution in [3.05, 3.63) is 46.5 Å². The molecule has 0 N–H and O–H groups in total. The van der Waals surface area contributed by atoms with E-state index < -0.39 is 0 Å². The van der Waals surface area contributed by atoms with Crippen LogP contribution in [0, 0.1) is 11.3 Å². The van der Waals surface area contributed by atoms with E-state index in [2.05, 4.69) is 33.4 Å². The lowest BCUT2D eigenvalue weighted by molar-refractivity contribution is 0.0350. The summed E-state index contributed by atoms with van der Waals surface area (Å²) in [5, 5.41) is 2.18. The maximum Gasteiger partial charge on any atom is 0.0947 e. The lowest BCUT2D eigenvalue weighted by Gasteiger charge is -2.42. The van der Waals surface area contributed by atoms with Crippen molar-refractivity contribution in [2.75, 3.05) is 39.9 Å². The van der Waals surface area contributed by atoms with Crippen LogP contribution in [-0.4, -0.2) is 49.7 Å². The number of rotatable bonds is 6. The van der Waals surface area contributed by atoms with Gasteiger partial charge in [-0.3, -0.25) is 9.80 Å². The molecule has 2 aliphatic heterocycles. The molecule has 1 atom stereocenters. The van der Waals surface area contributed by atoms with Crippen molar-refractivity contribution in [1.82, 2.24) is 9.80 Å². The predicted molar refractivity (Wildman–Crippen MR) is 101 cm³/mol.